The first-order valence-corrected chi connectivity index (χ1v) is 19.2. The lowest BCUT2D eigenvalue weighted by atomic mass is 9.91. The van der Waals surface area contributed by atoms with E-state index in [4.69, 9.17) is 19.9 Å². The van der Waals surface area contributed by atoms with Crippen LogP contribution < -0.4 is 0 Å². The molecule has 0 saturated heterocycles. The van der Waals surface area contributed by atoms with Crippen molar-refractivity contribution in [2.75, 3.05) is 0 Å². The highest BCUT2D eigenvalue weighted by molar-refractivity contribution is 5.96. The van der Waals surface area contributed by atoms with Crippen LogP contribution in [0.4, 0.5) is 0 Å². The van der Waals surface area contributed by atoms with E-state index in [1.54, 1.807) is 0 Å². The van der Waals surface area contributed by atoms with Crippen LogP contribution in [-0.2, 0) is 0 Å². The fraction of sp³-hybridized carbons (Fsp3) is 0. The number of rotatable bonds is 7. The molecule has 5 nitrogen and oxygen atoms in total. The minimum Gasteiger partial charge on any atom is -0.228 e. The number of benzene rings is 8. The number of hydrogen-bond donors (Lipinski definition) is 0. The maximum absolute atomic E-state index is 9.82. The van der Waals surface area contributed by atoms with E-state index in [9.17, 15) is 5.26 Å². The molecule has 0 aliphatic carbocycles. The Bertz CT molecular complexity index is 3000. The number of nitrogens with zero attached hydrogens (tertiary/aromatic N) is 5. The third kappa shape index (κ3) is 6.66. The van der Waals surface area contributed by atoms with Crippen molar-refractivity contribution < 1.29 is 0 Å². The van der Waals surface area contributed by atoms with E-state index in [1.165, 1.54) is 0 Å². The Morgan fingerprint density at radius 1 is 0.293 bits per heavy atom. The summed E-state index contributed by atoms with van der Waals surface area (Å²) in [6, 6.07) is 70.5. The average Bonchev–Trinajstić information content (AvgIpc) is 3.31. The third-order valence-corrected chi connectivity index (χ3v) is 10.5. The smallest absolute Gasteiger partial charge is 0.160 e. The minimum atomic E-state index is 0.614. The molecule has 0 unspecified atom stereocenters. The van der Waals surface area contributed by atoms with Gasteiger partial charge in [-0.3, -0.25) is 0 Å². The van der Waals surface area contributed by atoms with Crippen LogP contribution in [0, 0.1) is 11.3 Å². The number of para-hydroxylation sites is 2. The van der Waals surface area contributed by atoms with Crippen LogP contribution in [0.5, 0.6) is 0 Å². The molecule has 0 aliphatic rings. The minimum absolute atomic E-state index is 0.614. The summed E-state index contributed by atoms with van der Waals surface area (Å²) in [5.74, 6) is 1.38. The van der Waals surface area contributed by atoms with Crippen LogP contribution in [-0.4, -0.2) is 19.9 Å². The topological polar surface area (TPSA) is 75.3 Å². The van der Waals surface area contributed by atoms with Crippen molar-refractivity contribution in [2.45, 2.75) is 0 Å². The lowest BCUT2D eigenvalue weighted by molar-refractivity contribution is 1.23. The van der Waals surface area contributed by atoms with Crippen LogP contribution in [0.1, 0.15) is 5.56 Å². The lowest BCUT2D eigenvalue weighted by Gasteiger charge is -2.14. The first-order chi connectivity index (χ1) is 28.7. The number of fused-ring (bicyclic) bond motifs is 2. The van der Waals surface area contributed by atoms with E-state index in [1.807, 2.05) is 115 Å². The van der Waals surface area contributed by atoms with Crippen LogP contribution in [0.15, 0.2) is 200 Å². The second-order valence-corrected chi connectivity index (χ2v) is 14.2. The van der Waals surface area contributed by atoms with Crippen molar-refractivity contribution in [3.8, 4) is 84.7 Å². The summed E-state index contributed by atoms with van der Waals surface area (Å²) in [5.41, 5.74) is 14.3. The average molecular weight is 740 g/mol. The fourth-order valence-corrected chi connectivity index (χ4v) is 7.61. The van der Waals surface area contributed by atoms with Crippen LogP contribution in [0.2, 0.25) is 0 Å². The van der Waals surface area contributed by atoms with Gasteiger partial charge in [-0.1, -0.05) is 146 Å². The summed E-state index contributed by atoms with van der Waals surface area (Å²) in [6.45, 7) is 0. The Balaban J connectivity index is 1.13. The molecule has 0 saturated carbocycles. The molecule has 5 heteroatoms. The fourth-order valence-electron chi connectivity index (χ4n) is 7.61. The summed E-state index contributed by atoms with van der Waals surface area (Å²) < 4.78 is 0. The van der Waals surface area contributed by atoms with Gasteiger partial charge in [0.15, 0.2) is 11.6 Å². The number of nitriles is 1. The molecule has 58 heavy (non-hydrogen) atoms. The predicted octanol–water partition coefficient (Wildman–Crippen LogP) is 13.1. The normalized spacial score (nSPS) is 11.1. The van der Waals surface area contributed by atoms with E-state index < -0.39 is 0 Å². The monoisotopic (exact) mass is 739 g/mol. The second-order valence-electron chi connectivity index (χ2n) is 14.2. The maximum Gasteiger partial charge on any atom is 0.160 e. The molecule has 0 fully saturated rings. The second kappa shape index (κ2) is 14.9. The maximum atomic E-state index is 9.82. The van der Waals surface area contributed by atoms with Crippen molar-refractivity contribution in [1.29, 1.82) is 5.26 Å². The zero-order valence-corrected chi connectivity index (χ0v) is 31.3. The van der Waals surface area contributed by atoms with E-state index >= 15 is 0 Å². The quantitative estimate of drug-likeness (QED) is 0.163. The van der Waals surface area contributed by atoms with Crippen LogP contribution in [0.3, 0.4) is 0 Å². The van der Waals surface area contributed by atoms with Gasteiger partial charge in [-0.25, -0.2) is 19.9 Å². The van der Waals surface area contributed by atoms with Gasteiger partial charge in [0.05, 0.1) is 34.1 Å². The molecule has 270 valence electrons. The summed E-state index contributed by atoms with van der Waals surface area (Å²) >= 11 is 0. The first-order valence-electron chi connectivity index (χ1n) is 19.2. The van der Waals surface area contributed by atoms with Gasteiger partial charge >= 0.3 is 0 Å². The summed E-state index contributed by atoms with van der Waals surface area (Å²) in [7, 11) is 0. The molecule has 0 aliphatic heterocycles. The molecular formula is C53H33N5. The van der Waals surface area contributed by atoms with Crippen LogP contribution in [0.25, 0.3) is 100 Å². The van der Waals surface area contributed by atoms with E-state index in [0.29, 0.717) is 17.2 Å². The molecule has 10 aromatic rings. The van der Waals surface area contributed by atoms with E-state index in [0.717, 1.165) is 88.8 Å². The molecule has 0 spiro atoms. The lowest BCUT2D eigenvalue weighted by Crippen LogP contribution is -1.95. The molecule has 0 amide bonds. The molecule has 2 aromatic heterocycles. The van der Waals surface area contributed by atoms with Gasteiger partial charge in [0.25, 0.3) is 0 Å². The molecule has 0 radical (unpaired) electrons. The van der Waals surface area contributed by atoms with Crippen molar-refractivity contribution in [3.05, 3.63) is 206 Å². The van der Waals surface area contributed by atoms with Crippen LogP contribution >= 0.6 is 0 Å². The van der Waals surface area contributed by atoms with Gasteiger partial charge in [0.2, 0.25) is 0 Å². The van der Waals surface area contributed by atoms with Crippen molar-refractivity contribution in [1.82, 2.24) is 19.9 Å². The Morgan fingerprint density at radius 2 is 0.655 bits per heavy atom. The zero-order valence-electron chi connectivity index (χ0n) is 31.3. The largest absolute Gasteiger partial charge is 0.228 e. The van der Waals surface area contributed by atoms with Gasteiger partial charge in [-0.2, -0.15) is 5.26 Å². The Labute approximate surface area is 336 Å². The summed E-state index contributed by atoms with van der Waals surface area (Å²) in [5, 5.41) is 11.8. The third-order valence-electron chi connectivity index (χ3n) is 10.5. The molecule has 0 N–H and O–H groups in total. The van der Waals surface area contributed by atoms with Gasteiger partial charge in [0, 0.05) is 33.0 Å². The number of aromatic nitrogens is 4. The SMILES string of the molecule is N#Cc1cccc(-c2cc(-c3cccc(-c4nc(-c5ccccc5)nc5ccccc45)c3)cc(-c3cccc(-c4nc(-c5ccccc5)nc5ccccc45)c3)c2)c1. The van der Waals surface area contributed by atoms with Gasteiger partial charge in [-0.15, -0.1) is 0 Å². The molecule has 0 bridgehead atoms. The highest BCUT2D eigenvalue weighted by Gasteiger charge is 2.16. The van der Waals surface area contributed by atoms with Gasteiger partial charge in [0.1, 0.15) is 0 Å². The van der Waals surface area contributed by atoms with Crippen molar-refractivity contribution in [2.24, 2.45) is 0 Å². The van der Waals surface area contributed by atoms with E-state index in [2.05, 4.69) is 91.0 Å². The van der Waals surface area contributed by atoms with Gasteiger partial charge < -0.3 is 0 Å². The predicted molar refractivity (Wildman–Crippen MR) is 235 cm³/mol. The zero-order chi connectivity index (χ0) is 38.8. The van der Waals surface area contributed by atoms with Gasteiger partial charge in [-0.05, 0) is 88.0 Å². The van der Waals surface area contributed by atoms with Crippen molar-refractivity contribution in [3.63, 3.8) is 0 Å². The highest BCUT2D eigenvalue weighted by Crippen LogP contribution is 2.38. The molecule has 2 heterocycles. The molecule has 8 aromatic carbocycles. The summed E-state index contributed by atoms with van der Waals surface area (Å²) in [6.07, 6.45) is 0. The molecule has 10 rings (SSSR count). The Kier molecular flexibility index (Phi) is 8.83. The van der Waals surface area contributed by atoms with E-state index in [-0.39, 0.29) is 0 Å². The molecule has 0 atom stereocenters. The number of hydrogen-bond acceptors (Lipinski definition) is 5. The summed E-state index contributed by atoms with van der Waals surface area (Å²) in [4.78, 5) is 20.2. The first kappa shape index (κ1) is 34.4. The highest BCUT2D eigenvalue weighted by atomic mass is 14.9. The Hall–Kier alpha value is -8.07. The molecular weight excluding hydrogens is 707 g/mol. The standard InChI is InChI=1S/C53H33N5/c54-34-35-14-11-19-38(28-35)43-31-44(39-20-12-22-41(29-39)50-46-24-7-9-26-48(46)55-52(57-50)36-15-3-1-4-16-36)33-45(32-43)40-21-13-23-42(30-40)51-47-25-8-10-27-49(47)56-53(58-51)37-17-5-2-6-18-37/h1-33H. The van der Waals surface area contributed by atoms with Crippen molar-refractivity contribution >= 4 is 21.8 Å². The Morgan fingerprint density at radius 3 is 1.12 bits per heavy atom.